The van der Waals surface area contributed by atoms with Crippen LogP contribution in [0.4, 0.5) is 21.7 Å². The van der Waals surface area contributed by atoms with E-state index in [0.717, 1.165) is 24.3 Å². The van der Waals surface area contributed by atoms with E-state index in [0.29, 0.717) is 47.1 Å². The third-order valence-electron chi connectivity index (χ3n) is 7.61. The summed E-state index contributed by atoms with van der Waals surface area (Å²) in [5.74, 6) is 6.72. The first kappa shape index (κ1) is 24.7. The zero-order valence-electron chi connectivity index (χ0n) is 22.3. The fraction of sp³-hybridized carbons (Fsp3) is 0.241. The van der Waals surface area contributed by atoms with Crippen molar-refractivity contribution in [3.8, 4) is 23.3 Å². The summed E-state index contributed by atoms with van der Waals surface area (Å²) in [6.07, 6.45) is 5.54. The molecule has 2 saturated heterocycles. The molecule has 0 saturated carbocycles. The number of amides is 1. The van der Waals surface area contributed by atoms with Gasteiger partial charge in [0, 0.05) is 38.0 Å². The van der Waals surface area contributed by atoms with Gasteiger partial charge in [0.25, 0.3) is 5.91 Å². The van der Waals surface area contributed by atoms with Gasteiger partial charge in [-0.25, -0.2) is 28.8 Å². The topological polar surface area (TPSA) is 114 Å². The number of fused-ring (bicyclic) bond motifs is 2. The Morgan fingerprint density at radius 2 is 2.00 bits per heavy atom. The number of halogens is 1. The van der Waals surface area contributed by atoms with Crippen molar-refractivity contribution in [3.63, 3.8) is 0 Å². The molecular formula is C29H24FN9O2. The molecule has 204 valence electrons. The summed E-state index contributed by atoms with van der Waals surface area (Å²) in [5, 5.41) is 7.16. The van der Waals surface area contributed by atoms with Crippen LogP contribution in [0.15, 0.2) is 55.2 Å². The number of hydrogen-bond acceptors (Lipinski definition) is 9. The number of nitrogens with one attached hydrogen (secondary N) is 1. The lowest BCUT2D eigenvalue weighted by Gasteiger charge is -2.62. The van der Waals surface area contributed by atoms with E-state index in [4.69, 9.17) is 9.72 Å². The first-order chi connectivity index (χ1) is 19.9. The first-order valence-electron chi connectivity index (χ1n) is 13.1. The van der Waals surface area contributed by atoms with Crippen LogP contribution in [-0.4, -0.2) is 65.5 Å². The van der Waals surface area contributed by atoms with Crippen molar-refractivity contribution in [2.75, 3.05) is 29.9 Å². The van der Waals surface area contributed by atoms with Crippen LogP contribution in [0.3, 0.4) is 0 Å². The quantitative estimate of drug-likeness (QED) is 0.327. The van der Waals surface area contributed by atoms with Crippen LogP contribution in [0.25, 0.3) is 16.7 Å². The highest BCUT2D eigenvalue weighted by Gasteiger charge is 2.55. The lowest BCUT2D eigenvalue weighted by molar-refractivity contribution is -0.143. The van der Waals surface area contributed by atoms with Crippen molar-refractivity contribution >= 4 is 39.9 Å². The molecule has 2 aliphatic heterocycles. The number of rotatable bonds is 5. The highest BCUT2D eigenvalue weighted by Crippen LogP contribution is 2.41. The van der Waals surface area contributed by atoms with E-state index in [2.05, 4.69) is 42.1 Å². The van der Waals surface area contributed by atoms with E-state index in [1.165, 1.54) is 18.7 Å². The van der Waals surface area contributed by atoms with Crippen LogP contribution in [0.2, 0.25) is 0 Å². The molecule has 11 nitrogen and oxygen atoms in total. The van der Waals surface area contributed by atoms with Gasteiger partial charge in [-0.1, -0.05) is 5.92 Å². The fourth-order valence-electron chi connectivity index (χ4n) is 5.37. The second kappa shape index (κ2) is 9.41. The molecule has 4 aromatic heterocycles. The molecular weight excluding hydrogens is 525 g/mol. The van der Waals surface area contributed by atoms with Crippen LogP contribution in [0.5, 0.6) is 11.5 Å². The van der Waals surface area contributed by atoms with Gasteiger partial charge in [-0.05, 0) is 56.0 Å². The number of hydrogen-bond donors (Lipinski definition) is 1. The highest BCUT2D eigenvalue weighted by atomic mass is 19.1. The summed E-state index contributed by atoms with van der Waals surface area (Å²) in [4.78, 5) is 33.9. The predicted molar refractivity (Wildman–Crippen MR) is 150 cm³/mol. The smallest absolute Gasteiger partial charge is 0.299 e. The second-order valence-corrected chi connectivity index (χ2v) is 10.2. The van der Waals surface area contributed by atoms with Gasteiger partial charge in [0.05, 0.1) is 16.7 Å². The van der Waals surface area contributed by atoms with Crippen LogP contribution >= 0.6 is 0 Å². The summed E-state index contributed by atoms with van der Waals surface area (Å²) >= 11 is 0. The first-order valence-corrected chi connectivity index (χ1v) is 13.1. The molecule has 1 N–H and O–H groups in total. The number of carbonyl (C=O) groups excluding carboxylic acids is 1. The molecule has 2 fully saturated rings. The Bertz CT molecular complexity index is 1910. The number of carbonyl (C=O) groups is 1. The van der Waals surface area contributed by atoms with Gasteiger partial charge in [-0.15, -0.1) is 0 Å². The number of anilines is 3. The van der Waals surface area contributed by atoms with Crippen LogP contribution in [0.1, 0.15) is 18.9 Å². The summed E-state index contributed by atoms with van der Waals surface area (Å²) in [6.45, 7) is 5.59. The largest absolute Gasteiger partial charge is 0.457 e. The van der Waals surface area contributed by atoms with Gasteiger partial charge in [-0.2, -0.15) is 5.10 Å². The molecule has 41 heavy (non-hydrogen) atoms. The second-order valence-electron chi connectivity index (χ2n) is 10.2. The molecule has 1 aromatic carbocycles. The average molecular weight is 550 g/mol. The highest BCUT2D eigenvalue weighted by molar-refractivity contribution is 5.95. The molecule has 12 heteroatoms. The number of nitrogens with zero attached hydrogens (tertiary/aromatic N) is 8. The molecule has 2 aliphatic rings. The molecule has 0 unspecified atom stereocenters. The number of likely N-dealkylation sites (tertiary alicyclic amines) is 1. The Labute approximate surface area is 234 Å². The number of ether oxygens (including phenoxy) is 1. The minimum atomic E-state index is -0.508. The maximum atomic E-state index is 15.3. The molecule has 1 spiro atoms. The van der Waals surface area contributed by atoms with E-state index in [-0.39, 0.29) is 17.1 Å². The lowest BCUT2D eigenvalue weighted by Crippen LogP contribution is -2.78. The van der Waals surface area contributed by atoms with Crippen LogP contribution in [0, 0.1) is 24.6 Å². The van der Waals surface area contributed by atoms with Crippen molar-refractivity contribution in [1.29, 1.82) is 0 Å². The minimum Gasteiger partial charge on any atom is -0.457 e. The molecule has 0 radical (unpaired) electrons. The van der Waals surface area contributed by atoms with Gasteiger partial charge in [0.15, 0.2) is 11.5 Å². The Morgan fingerprint density at radius 3 is 2.80 bits per heavy atom. The van der Waals surface area contributed by atoms with E-state index < -0.39 is 5.82 Å². The SMILES string of the molecule is CC#CC(=O)N1CCC12CN(c1ccc3ncnc(Nc4cc(C)c(Oc5ccn6ncnc6c5)cc4F)c3n1)C2. The van der Waals surface area contributed by atoms with Gasteiger partial charge in [-0.3, -0.25) is 4.79 Å². The Balaban J connectivity index is 1.12. The summed E-state index contributed by atoms with van der Waals surface area (Å²) in [5.41, 5.74) is 2.54. The maximum absolute atomic E-state index is 15.3. The number of pyridine rings is 2. The van der Waals surface area contributed by atoms with E-state index in [1.54, 1.807) is 35.8 Å². The summed E-state index contributed by atoms with van der Waals surface area (Å²) in [6, 6.07) is 10.2. The standard InChI is InChI=1S/C29H24FN9O2/c1-3-4-26(40)38-10-8-29(38)14-37(15-29)24-6-5-21-27(36-24)28(33-16-31-21)35-22-11-18(2)23(13-20(22)30)41-19-7-9-39-25(12-19)32-17-34-39/h5-7,9,11-13,16-17H,8,10,14-15H2,1-2H3,(H,31,33,35). The maximum Gasteiger partial charge on any atom is 0.299 e. The summed E-state index contributed by atoms with van der Waals surface area (Å²) in [7, 11) is 0. The zero-order valence-corrected chi connectivity index (χ0v) is 22.3. The molecule has 7 rings (SSSR count). The van der Waals surface area contributed by atoms with Gasteiger partial charge < -0.3 is 19.9 Å². The predicted octanol–water partition coefficient (Wildman–Crippen LogP) is 3.87. The molecule has 1 amide bonds. The van der Waals surface area contributed by atoms with Gasteiger partial charge >= 0.3 is 0 Å². The average Bonchev–Trinajstić information content (AvgIpc) is 3.39. The van der Waals surface area contributed by atoms with Crippen molar-refractivity contribution in [2.24, 2.45) is 0 Å². The van der Waals surface area contributed by atoms with Gasteiger partial charge in [0.2, 0.25) is 0 Å². The van der Waals surface area contributed by atoms with Crippen LogP contribution in [-0.2, 0) is 4.79 Å². The normalized spacial score (nSPS) is 15.3. The monoisotopic (exact) mass is 549 g/mol. The van der Waals surface area contributed by atoms with Gasteiger partial charge in [0.1, 0.15) is 41.3 Å². The lowest BCUT2D eigenvalue weighted by atomic mass is 9.77. The third kappa shape index (κ3) is 4.22. The molecule has 5 aromatic rings. The van der Waals surface area contributed by atoms with Crippen molar-refractivity contribution < 1.29 is 13.9 Å². The number of aryl methyl sites for hydroxylation is 1. The zero-order chi connectivity index (χ0) is 28.1. The summed E-state index contributed by atoms with van der Waals surface area (Å²) < 4.78 is 22.9. The van der Waals surface area contributed by atoms with E-state index in [9.17, 15) is 4.79 Å². The fourth-order valence-corrected chi connectivity index (χ4v) is 5.37. The van der Waals surface area contributed by atoms with Crippen molar-refractivity contribution in [1.82, 2.24) is 34.4 Å². The van der Waals surface area contributed by atoms with Crippen molar-refractivity contribution in [3.05, 3.63) is 66.6 Å². The van der Waals surface area contributed by atoms with E-state index >= 15 is 4.39 Å². The Morgan fingerprint density at radius 1 is 1.12 bits per heavy atom. The number of aromatic nitrogens is 6. The molecule has 0 aliphatic carbocycles. The van der Waals surface area contributed by atoms with E-state index in [1.807, 2.05) is 24.0 Å². The number of benzene rings is 1. The Kier molecular flexibility index (Phi) is 5.67. The molecule has 0 atom stereocenters. The molecule has 6 heterocycles. The minimum absolute atomic E-state index is 0.130. The van der Waals surface area contributed by atoms with Crippen LogP contribution < -0.4 is 15.0 Å². The third-order valence-corrected chi connectivity index (χ3v) is 7.61. The molecule has 0 bridgehead atoms. The van der Waals surface area contributed by atoms with Crippen molar-refractivity contribution in [2.45, 2.75) is 25.8 Å². The Hall–Kier alpha value is -5.31.